The van der Waals surface area contributed by atoms with E-state index in [2.05, 4.69) is 121 Å². The first-order chi connectivity index (χ1) is 17.1. The van der Waals surface area contributed by atoms with Crippen molar-refractivity contribution in [3.8, 4) is 0 Å². The van der Waals surface area contributed by atoms with E-state index in [1.165, 1.54) is 22.3 Å². The van der Waals surface area contributed by atoms with Crippen LogP contribution < -0.4 is 24.8 Å². The van der Waals surface area contributed by atoms with Crippen LogP contribution in [0.1, 0.15) is 121 Å². The van der Waals surface area contributed by atoms with Crippen LogP contribution in [0.5, 0.6) is 0 Å². The molecule has 1 heterocycles. The molecule has 1 aromatic heterocycles. The monoisotopic (exact) mass is 608 g/mol. The van der Waals surface area contributed by atoms with E-state index in [1.54, 1.807) is 6.20 Å². The summed E-state index contributed by atoms with van der Waals surface area (Å²) in [5.74, 6) is 1.94. The third-order valence-electron chi connectivity index (χ3n) is 6.27. The molecule has 0 aliphatic heterocycles. The van der Waals surface area contributed by atoms with Crippen molar-refractivity contribution in [3.05, 3.63) is 88.7 Å². The third-order valence-corrected chi connectivity index (χ3v) is 6.27. The second-order valence-electron chi connectivity index (χ2n) is 10.5. The van der Waals surface area contributed by atoms with Gasteiger partial charge in [0.2, 0.25) is 0 Å². The summed E-state index contributed by atoms with van der Waals surface area (Å²) in [6.45, 7) is 21.6. The molecule has 0 unspecified atom stereocenters. The van der Waals surface area contributed by atoms with Gasteiger partial charge >= 0.3 is 17.1 Å². The molecule has 0 saturated carbocycles. The van der Waals surface area contributed by atoms with E-state index in [1.807, 2.05) is 19.2 Å². The number of para-hydroxylation sites is 2. The number of aliphatic imine (C=N–C) groups is 2. The fraction of sp³-hybridized carbons (Fsp3) is 0.424. The van der Waals surface area contributed by atoms with Gasteiger partial charge in [-0.15, -0.1) is 18.1 Å². The van der Waals surface area contributed by atoms with Gasteiger partial charge in [0.25, 0.3) is 0 Å². The molecule has 213 valence electrons. The van der Waals surface area contributed by atoms with Gasteiger partial charge in [-0.25, -0.2) is 0 Å². The smallest absolute Gasteiger partial charge is 1.00 e. The zero-order valence-electron chi connectivity index (χ0n) is 25.0. The molecule has 0 amide bonds. The molecule has 0 bridgehead atoms. The van der Waals surface area contributed by atoms with Crippen molar-refractivity contribution < 1.29 is 41.9 Å². The van der Waals surface area contributed by atoms with E-state index < -0.39 is 0 Å². The van der Waals surface area contributed by atoms with Crippen LogP contribution in [0.15, 0.2) is 70.9 Å². The molecule has 0 saturated heterocycles. The summed E-state index contributed by atoms with van der Waals surface area (Å²) >= 11 is 0. The van der Waals surface area contributed by atoms with Crippen molar-refractivity contribution in [2.45, 2.75) is 92.9 Å². The molecule has 6 heteroatoms. The molecule has 3 rings (SSSR count). The summed E-state index contributed by atoms with van der Waals surface area (Å²) in [5, 5.41) is 0. The maximum absolute atomic E-state index is 4.95. The molecule has 3 aromatic rings. The Balaban J connectivity index is 0. The van der Waals surface area contributed by atoms with Gasteiger partial charge in [-0.3, -0.25) is 9.98 Å². The zero-order chi connectivity index (χ0) is 26.8. The van der Waals surface area contributed by atoms with Gasteiger partial charge in [-0.1, -0.05) is 104 Å². The molecule has 0 fully saturated rings. The molecule has 0 aliphatic rings. The summed E-state index contributed by atoms with van der Waals surface area (Å²) in [5.41, 5.74) is 9.58. The van der Waals surface area contributed by atoms with Crippen LogP contribution in [0.2, 0.25) is 0 Å². The fourth-order valence-corrected chi connectivity index (χ4v) is 4.20. The van der Waals surface area contributed by atoms with E-state index in [9.17, 15) is 0 Å². The van der Waals surface area contributed by atoms with Crippen molar-refractivity contribution in [1.82, 2.24) is 4.98 Å². The molecule has 2 aromatic carbocycles. The van der Waals surface area contributed by atoms with Crippen LogP contribution in [0, 0.1) is 0 Å². The normalized spacial score (nSPS) is 11.2. The average Bonchev–Trinajstić information content (AvgIpc) is 2.84. The Morgan fingerprint density at radius 1 is 0.667 bits per heavy atom. The first-order valence-corrected chi connectivity index (χ1v) is 13.2. The number of rotatable bonds is 7. The molecular formula is C33H44Cl2FeN3. The third kappa shape index (κ3) is 11.2. The van der Waals surface area contributed by atoms with Crippen LogP contribution in [0.25, 0.3) is 0 Å². The Kier molecular flexibility index (Phi) is 19.3. The Morgan fingerprint density at radius 2 is 1.08 bits per heavy atom. The number of hydrogen-bond acceptors (Lipinski definition) is 3. The van der Waals surface area contributed by atoms with Crippen LogP contribution in [0.4, 0.5) is 11.4 Å². The van der Waals surface area contributed by atoms with E-state index in [-0.39, 0.29) is 41.9 Å². The average molecular weight is 609 g/mol. The largest absolute Gasteiger partial charge is 3.00 e. The maximum atomic E-state index is 4.95. The maximum Gasteiger partial charge on any atom is 3.00 e. The fourth-order valence-electron chi connectivity index (χ4n) is 4.20. The summed E-state index contributed by atoms with van der Waals surface area (Å²) in [6, 6.07) is 17.0. The minimum atomic E-state index is 0. The number of pyridine rings is 1. The van der Waals surface area contributed by atoms with Gasteiger partial charge in [-0.2, -0.15) is 6.21 Å². The molecule has 3 nitrogen and oxygen atoms in total. The molecule has 1 radical (unpaired) electrons. The van der Waals surface area contributed by atoms with Gasteiger partial charge in [0.15, 0.2) is 0 Å². The van der Waals surface area contributed by atoms with E-state index in [0.717, 1.165) is 22.6 Å². The minimum absolute atomic E-state index is 0. The summed E-state index contributed by atoms with van der Waals surface area (Å²) in [7, 11) is 0. The standard InChI is InChI=1S/C19H24N2.C14H20N.2ClH.Fe/c1-13(2)17-9-6-10-18(14(3)4)19(17)21-15(5)16-8-7-11-20-12-16;1-6-15-14-12(10(2)3)8-7-9-13(14)11(4)5;;;/h6-14H,1-5H3;7-11H,1-5H3;2*1H;/q;-1;;;+3/p-2. The van der Waals surface area contributed by atoms with Crippen molar-refractivity contribution in [2.75, 3.05) is 0 Å². The second-order valence-corrected chi connectivity index (χ2v) is 10.5. The quantitative estimate of drug-likeness (QED) is 0.227. The molecule has 0 aliphatic carbocycles. The number of hydrogen-bond donors (Lipinski definition) is 0. The van der Waals surface area contributed by atoms with Crippen molar-refractivity contribution in [2.24, 2.45) is 9.98 Å². The Hall–Kier alpha value is -1.97. The predicted molar refractivity (Wildman–Crippen MR) is 158 cm³/mol. The minimum Gasteiger partial charge on any atom is -1.00 e. The van der Waals surface area contributed by atoms with E-state index in [0.29, 0.717) is 23.7 Å². The van der Waals surface area contributed by atoms with E-state index in [4.69, 9.17) is 4.99 Å². The summed E-state index contributed by atoms with van der Waals surface area (Å²) in [6.07, 6.45) is 6.56. The van der Waals surface area contributed by atoms with Gasteiger partial charge in [0, 0.05) is 23.7 Å². The summed E-state index contributed by atoms with van der Waals surface area (Å²) < 4.78 is 0. The van der Waals surface area contributed by atoms with E-state index >= 15 is 0 Å². The van der Waals surface area contributed by atoms with Crippen molar-refractivity contribution >= 4 is 23.3 Å². The number of halogens is 2. The van der Waals surface area contributed by atoms with Crippen LogP contribution in [-0.2, 0) is 17.1 Å². The molecule has 0 spiro atoms. The van der Waals surface area contributed by atoms with Gasteiger partial charge in [0.05, 0.1) is 5.69 Å². The second kappa shape index (κ2) is 19.2. The van der Waals surface area contributed by atoms with Gasteiger partial charge in [0.1, 0.15) is 0 Å². The van der Waals surface area contributed by atoms with Crippen molar-refractivity contribution in [1.29, 1.82) is 0 Å². The molecule has 39 heavy (non-hydrogen) atoms. The molecular weight excluding hydrogens is 565 g/mol. The molecule has 0 N–H and O–H groups in total. The van der Waals surface area contributed by atoms with Gasteiger partial charge < -0.3 is 29.8 Å². The first kappa shape index (κ1) is 39.2. The van der Waals surface area contributed by atoms with Crippen LogP contribution in [0.3, 0.4) is 0 Å². The number of nitrogens with zero attached hydrogens (tertiary/aromatic N) is 3. The Labute approximate surface area is 260 Å². The SMILES string of the molecule is CC(=Nc1c(C(C)C)cccc1C(C)C)c1cccnc1.C[C-]=Nc1c(C(C)C)cccc1C(C)C.[Cl-].[Cl-].[Fe+3]. The first-order valence-electron chi connectivity index (χ1n) is 13.2. The molecule has 0 atom stereocenters. The van der Waals surface area contributed by atoms with Crippen molar-refractivity contribution in [3.63, 3.8) is 0 Å². The topological polar surface area (TPSA) is 37.6 Å². The predicted octanol–water partition coefficient (Wildman–Crippen LogP) is 4.01. The Morgan fingerprint density at radius 3 is 1.41 bits per heavy atom. The van der Waals surface area contributed by atoms with Crippen LogP contribution in [-0.4, -0.2) is 16.9 Å². The number of aromatic nitrogens is 1. The Bertz CT molecular complexity index is 1120. The summed E-state index contributed by atoms with van der Waals surface area (Å²) in [4.78, 5) is 13.5. The zero-order valence-corrected chi connectivity index (χ0v) is 27.7. The van der Waals surface area contributed by atoms with Gasteiger partial charge in [-0.05, 0) is 47.8 Å². The number of benzene rings is 2. The van der Waals surface area contributed by atoms with Crippen LogP contribution >= 0.6 is 0 Å².